The minimum absolute atomic E-state index is 0.212. The largest absolute Gasteiger partial charge is 0.378 e. The number of nitrogens with zero attached hydrogens (tertiary/aromatic N) is 3. The zero-order valence-corrected chi connectivity index (χ0v) is 18.5. The smallest absolute Gasteiger partial charge is 0.254 e. The Bertz CT molecular complexity index is 1080. The van der Waals surface area contributed by atoms with Crippen LogP contribution in [0.1, 0.15) is 34.8 Å². The summed E-state index contributed by atoms with van der Waals surface area (Å²) in [5.74, 6) is 0.0281. The molecule has 32 heavy (non-hydrogen) atoms. The summed E-state index contributed by atoms with van der Waals surface area (Å²) < 4.78 is 25.1. The summed E-state index contributed by atoms with van der Waals surface area (Å²) in [6, 6.07) is 13.9. The molecule has 2 aromatic carbocycles. The van der Waals surface area contributed by atoms with Crippen LogP contribution >= 0.6 is 0 Å². The average Bonchev–Trinajstić information content (AvgIpc) is 3.22. The number of rotatable bonds is 7. The molecule has 0 aliphatic carbocycles. The van der Waals surface area contributed by atoms with E-state index in [9.17, 15) is 9.18 Å². The van der Waals surface area contributed by atoms with Gasteiger partial charge in [-0.3, -0.25) is 4.79 Å². The monoisotopic (exact) mass is 437 g/mol. The van der Waals surface area contributed by atoms with E-state index >= 15 is 0 Å². The summed E-state index contributed by atoms with van der Waals surface area (Å²) in [5.41, 5.74) is 3.97. The minimum Gasteiger partial charge on any atom is -0.378 e. The first-order valence-corrected chi connectivity index (χ1v) is 11.0. The Morgan fingerprint density at radius 3 is 2.66 bits per heavy atom. The van der Waals surface area contributed by atoms with Crippen molar-refractivity contribution in [3.63, 3.8) is 0 Å². The van der Waals surface area contributed by atoms with Crippen LogP contribution in [-0.2, 0) is 11.3 Å². The molecule has 6 nitrogen and oxygen atoms in total. The second kappa shape index (κ2) is 9.96. The van der Waals surface area contributed by atoms with Crippen molar-refractivity contribution in [1.29, 1.82) is 0 Å². The fraction of sp³-hybridized carbons (Fsp3) is 0.360. The summed E-state index contributed by atoms with van der Waals surface area (Å²) in [7, 11) is 0. The zero-order chi connectivity index (χ0) is 22.5. The predicted octanol–water partition coefficient (Wildman–Crippen LogP) is 4.68. The highest BCUT2D eigenvalue weighted by Crippen LogP contribution is 2.33. The van der Waals surface area contributed by atoms with E-state index in [0.29, 0.717) is 50.8 Å². The number of anilines is 1. The van der Waals surface area contributed by atoms with E-state index in [1.807, 2.05) is 32.0 Å². The molecule has 0 radical (unpaired) electrons. The summed E-state index contributed by atoms with van der Waals surface area (Å²) in [6.45, 7) is 7.52. The molecule has 0 saturated carbocycles. The second-order valence-corrected chi connectivity index (χ2v) is 8.02. The van der Waals surface area contributed by atoms with Crippen LogP contribution in [0.25, 0.3) is 11.3 Å². The Labute approximate surface area is 187 Å². The van der Waals surface area contributed by atoms with Crippen LogP contribution in [0.4, 0.5) is 10.3 Å². The number of hydrogen-bond donors (Lipinski definition) is 0. The highest BCUT2D eigenvalue weighted by molar-refractivity contribution is 5.94. The number of morpholine rings is 1. The molecule has 1 aliphatic heterocycles. The van der Waals surface area contributed by atoms with Gasteiger partial charge < -0.3 is 19.1 Å². The van der Waals surface area contributed by atoms with E-state index in [1.54, 1.807) is 17.0 Å². The summed E-state index contributed by atoms with van der Waals surface area (Å²) >= 11 is 0. The minimum atomic E-state index is -0.424. The van der Waals surface area contributed by atoms with E-state index in [0.717, 1.165) is 28.8 Å². The predicted molar refractivity (Wildman–Crippen MR) is 121 cm³/mol. The lowest BCUT2D eigenvalue weighted by molar-refractivity contribution is 0.0742. The molecule has 0 spiro atoms. The lowest BCUT2D eigenvalue weighted by atomic mass is 10.0. The van der Waals surface area contributed by atoms with Gasteiger partial charge in [-0.15, -0.1) is 0 Å². The van der Waals surface area contributed by atoms with Crippen LogP contribution in [0.2, 0.25) is 0 Å². The second-order valence-electron chi connectivity index (χ2n) is 8.02. The molecule has 168 valence electrons. The Morgan fingerprint density at radius 2 is 1.94 bits per heavy atom. The number of ether oxygens (including phenoxy) is 1. The van der Waals surface area contributed by atoms with Crippen molar-refractivity contribution in [3.05, 3.63) is 71.0 Å². The molecule has 4 rings (SSSR count). The van der Waals surface area contributed by atoms with Gasteiger partial charge in [0.15, 0.2) is 0 Å². The molecule has 0 unspecified atom stereocenters. The van der Waals surface area contributed by atoms with Gasteiger partial charge in [0, 0.05) is 30.8 Å². The Kier molecular flexibility index (Phi) is 6.85. The van der Waals surface area contributed by atoms with Gasteiger partial charge in [0.05, 0.1) is 25.3 Å². The number of halogens is 1. The number of carbonyl (C=O) groups is 1. The summed E-state index contributed by atoms with van der Waals surface area (Å²) in [6.07, 6.45) is 0.777. The number of aryl methyl sites for hydroxylation is 1. The lowest BCUT2D eigenvalue weighted by Gasteiger charge is -2.28. The Hall–Kier alpha value is -3.19. The Balaban J connectivity index is 1.73. The third-order valence-corrected chi connectivity index (χ3v) is 5.56. The molecule has 1 amide bonds. The van der Waals surface area contributed by atoms with Crippen molar-refractivity contribution in [2.45, 2.75) is 26.8 Å². The van der Waals surface area contributed by atoms with Gasteiger partial charge >= 0.3 is 0 Å². The van der Waals surface area contributed by atoms with Gasteiger partial charge in [-0.1, -0.05) is 41.9 Å². The maximum Gasteiger partial charge on any atom is 0.254 e. The molecular weight excluding hydrogens is 409 g/mol. The summed E-state index contributed by atoms with van der Waals surface area (Å²) in [5, 5.41) is 4.41. The highest BCUT2D eigenvalue weighted by atomic mass is 19.1. The average molecular weight is 438 g/mol. The lowest BCUT2D eigenvalue weighted by Crippen LogP contribution is -2.37. The van der Waals surface area contributed by atoms with Crippen molar-refractivity contribution in [1.82, 2.24) is 10.1 Å². The van der Waals surface area contributed by atoms with Crippen LogP contribution in [0.15, 0.2) is 53.1 Å². The van der Waals surface area contributed by atoms with Gasteiger partial charge in [-0.25, -0.2) is 4.39 Å². The van der Waals surface area contributed by atoms with E-state index < -0.39 is 5.82 Å². The molecule has 1 saturated heterocycles. The highest BCUT2D eigenvalue weighted by Gasteiger charge is 2.27. The number of carbonyl (C=O) groups excluding carboxylic acids is 1. The van der Waals surface area contributed by atoms with Crippen molar-refractivity contribution < 1.29 is 18.4 Å². The van der Waals surface area contributed by atoms with E-state index in [1.165, 1.54) is 12.1 Å². The first kappa shape index (κ1) is 22.0. The molecule has 2 heterocycles. The van der Waals surface area contributed by atoms with Crippen LogP contribution in [0.5, 0.6) is 0 Å². The maximum atomic E-state index is 13.8. The molecule has 1 fully saturated rings. The van der Waals surface area contributed by atoms with Gasteiger partial charge in [0.1, 0.15) is 11.5 Å². The van der Waals surface area contributed by atoms with Crippen LogP contribution in [0.3, 0.4) is 0 Å². The van der Waals surface area contributed by atoms with E-state index in [4.69, 9.17) is 9.26 Å². The van der Waals surface area contributed by atoms with E-state index in [2.05, 4.69) is 16.1 Å². The fourth-order valence-electron chi connectivity index (χ4n) is 3.99. The number of hydrogen-bond acceptors (Lipinski definition) is 5. The fourth-order valence-corrected chi connectivity index (χ4v) is 3.99. The third kappa shape index (κ3) is 4.83. The zero-order valence-electron chi connectivity index (χ0n) is 18.5. The third-order valence-electron chi connectivity index (χ3n) is 5.56. The van der Waals surface area contributed by atoms with Crippen molar-refractivity contribution in [2.24, 2.45) is 0 Å². The van der Waals surface area contributed by atoms with Crippen molar-refractivity contribution >= 4 is 11.8 Å². The molecule has 1 aromatic heterocycles. The SMILES string of the molecule is CCCN(Cc1c(-c2cccc(C)c2)noc1N1CCOCC1)C(=O)c1cccc(F)c1. The molecule has 0 N–H and O–H groups in total. The first-order chi connectivity index (χ1) is 15.6. The van der Waals surface area contributed by atoms with Gasteiger partial charge in [-0.2, -0.15) is 0 Å². The van der Waals surface area contributed by atoms with Crippen LogP contribution in [-0.4, -0.2) is 48.8 Å². The molecule has 3 aromatic rings. The van der Waals surface area contributed by atoms with Crippen LogP contribution < -0.4 is 4.90 Å². The molecule has 0 bridgehead atoms. The first-order valence-electron chi connectivity index (χ1n) is 11.0. The maximum absolute atomic E-state index is 13.8. The molecule has 1 aliphatic rings. The number of aromatic nitrogens is 1. The van der Waals surface area contributed by atoms with Crippen molar-refractivity contribution in [2.75, 3.05) is 37.7 Å². The standard InChI is InChI=1S/C25H28FN3O3/c1-3-10-29(24(30)20-8-5-9-21(26)16-20)17-22-23(19-7-4-6-18(2)15-19)27-32-25(22)28-11-13-31-14-12-28/h4-9,15-16H,3,10-14,17H2,1-2H3. The number of benzene rings is 2. The molecule has 7 heteroatoms. The van der Waals surface area contributed by atoms with Gasteiger partial charge in [-0.05, 0) is 37.6 Å². The van der Waals surface area contributed by atoms with Gasteiger partial charge in [0.2, 0.25) is 5.88 Å². The molecule has 0 atom stereocenters. The van der Waals surface area contributed by atoms with Crippen LogP contribution in [0, 0.1) is 12.7 Å². The number of amides is 1. The molecular formula is C25H28FN3O3. The Morgan fingerprint density at radius 1 is 1.16 bits per heavy atom. The van der Waals surface area contributed by atoms with Crippen molar-refractivity contribution in [3.8, 4) is 11.3 Å². The normalized spacial score (nSPS) is 13.9. The van der Waals surface area contributed by atoms with Gasteiger partial charge in [0.25, 0.3) is 5.91 Å². The topological polar surface area (TPSA) is 58.8 Å². The van der Waals surface area contributed by atoms with E-state index in [-0.39, 0.29) is 5.91 Å². The summed E-state index contributed by atoms with van der Waals surface area (Å²) in [4.78, 5) is 17.1. The quantitative estimate of drug-likeness (QED) is 0.537.